The quantitative estimate of drug-likeness (QED) is 0.466. The van der Waals surface area contributed by atoms with Gasteiger partial charge in [0.15, 0.2) is 12.4 Å². The SMILES string of the molecule is COc1ccc(-c2oc3ccc(C)cc3c(=O)c2OCC(=O)Nc2ccc(F)cc2)cc1. The summed E-state index contributed by atoms with van der Waals surface area (Å²) in [7, 11) is 1.56. The summed E-state index contributed by atoms with van der Waals surface area (Å²) in [5.41, 5.74) is 1.93. The van der Waals surface area contributed by atoms with Crippen LogP contribution in [0.3, 0.4) is 0 Å². The van der Waals surface area contributed by atoms with E-state index in [0.717, 1.165) is 5.56 Å². The van der Waals surface area contributed by atoms with Gasteiger partial charge in [-0.2, -0.15) is 0 Å². The minimum absolute atomic E-state index is 0.0671. The molecule has 0 saturated carbocycles. The lowest BCUT2D eigenvalue weighted by atomic mass is 10.1. The van der Waals surface area contributed by atoms with E-state index in [0.29, 0.717) is 28.0 Å². The van der Waals surface area contributed by atoms with Crippen LogP contribution in [0.4, 0.5) is 10.1 Å². The fraction of sp³-hybridized carbons (Fsp3) is 0.120. The number of fused-ring (bicyclic) bond motifs is 1. The number of halogens is 1. The van der Waals surface area contributed by atoms with Crippen LogP contribution in [0.15, 0.2) is 75.9 Å². The molecule has 162 valence electrons. The Hall–Kier alpha value is -4.13. The van der Waals surface area contributed by atoms with Gasteiger partial charge in [0.25, 0.3) is 5.91 Å². The van der Waals surface area contributed by atoms with E-state index in [2.05, 4.69) is 5.32 Å². The third-order valence-electron chi connectivity index (χ3n) is 4.83. The van der Waals surface area contributed by atoms with Crippen LogP contribution < -0.4 is 20.2 Å². The van der Waals surface area contributed by atoms with E-state index in [1.807, 2.05) is 13.0 Å². The zero-order valence-electron chi connectivity index (χ0n) is 17.5. The second-order valence-corrected chi connectivity index (χ2v) is 7.16. The van der Waals surface area contributed by atoms with Crippen LogP contribution in [0.1, 0.15) is 5.56 Å². The predicted octanol–water partition coefficient (Wildman–Crippen LogP) is 4.93. The van der Waals surface area contributed by atoms with Crippen LogP contribution in [0, 0.1) is 12.7 Å². The lowest BCUT2D eigenvalue weighted by Gasteiger charge is -2.12. The molecule has 32 heavy (non-hydrogen) atoms. The highest BCUT2D eigenvalue weighted by atomic mass is 19.1. The molecule has 0 unspecified atom stereocenters. The summed E-state index contributed by atoms with van der Waals surface area (Å²) in [6.45, 7) is 1.44. The minimum atomic E-state index is -0.499. The summed E-state index contributed by atoms with van der Waals surface area (Å²) in [6, 6.07) is 17.6. The number of carbonyl (C=O) groups is 1. The van der Waals surface area contributed by atoms with Crippen LogP contribution in [-0.2, 0) is 4.79 Å². The number of rotatable bonds is 6. The summed E-state index contributed by atoms with van der Waals surface area (Å²) in [4.78, 5) is 25.6. The van der Waals surface area contributed by atoms with E-state index in [1.165, 1.54) is 24.3 Å². The topological polar surface area (TPSA) is 77.8 Å². The molecule has 0 spiro atoms. The summed E-state index contributed by atoms with van der Waals surface area (Å²) in [6.07, 6.45) is 0. The molecule has 1 aromatic heterocycles. The molecule has 1 N–H and O–H groups in total. The molecule has 0 aliphatic carbocycles. The van der Waals surface area contributed by atoms with Crippen molar-refractivity contribution in [2.75, 3.05) is 19.0 Å². The van der Waals surface area contributed by atoms with Crippen molar-refractivity contribution in [2.24, 2.45) is 0 Å². The van der Waals surface area contributed by atoms with Gasteiger partial charge in [-0.05, 0) is 67.6 Å². The Bertz CT molecular complexity index is 1330. The molecule has 0 fully saturated rings. The highest BCUT2D eigenvalue weighted by Gasteiger charge is 2.19. The summed E-state index contributed by atoms with van der Waals surface area (Å²) in [5.74, 6) is -0.117. The normalized spacial score (nSPS) is 10.7. The third-order valence-corrected chi connectivity index (χ3v) is 4.83. The van der Waals surface area contributed by atoms with Crippen molar-refractivity contribution < 1.29 is 23.1 Å². The Balaban J connectivity index is 1.68. The van der Waals surface area contributed by atoms with E-state index in [4.69, 9.17) is 13.9 Å². The molecule has 0 aliphatic rings. The Labute approximate surface area is 183 Å². The van der Waals surface area contributed by atoms with Crippen LogP contribution in [-0.4, -0.2) is 19.6 Å². The first-order valence-corrected chi connectivity index (χ1v) is 9.84. The van der Waals surface area contributed by atoms with Crippen molar-refractivity contribution in [1.29, 1.82) is 0 Å². The van der Waals surface area contributed by atoms with E-state index in [-0.39, 0.29) is 16.9 Å². The van der Waals surface area contributed by atoms with E-state index in [9.17, 15) is 14.0 Å². The molecular formula is C25H20FNO5. The summed E-state index contributed by atoms with van der Waals surface area (Å²) >= 11 is 0. The summed E-state index contributed by atoms with van der Waals surface area (Å²) in [5, 5.41) is 2.96. The number of hydrogen-bond donors (Lipinski definition) is 1. The number of aryl methyl sites for hydroxylation is 1. The number of nitrogens with one attached hydrogen (secondary N) is 1. The lowest BCUT2D eigenvalue weighted by molar-refractivity contribution is -0.118. The zero-order valence-corrected chi connectivity index (χ0v) is 17.5. The average Bonchev–Trinajstić information content (AvgIpc) is 2.80. The Morgan fingerprint density at radius 1 is 1.03 bits per heavy atom. The highest BCUT2D eigenvalue weighted by Crippen LogP contribution is 2.32. The maximum atomic E-state index is 13.2. The van der Waals surface area contributed by atoms with Crippen molar-refractivity contribution in [3.63, 3.8) is 0 Å². The standard InChI is InChI=1S/C25H20FNO5/c1-15-3-12-21-20(13-15)23(29)25(24(32-21)16-4-10-19(30-2)11-5-16)31-14-22(28)27-18-8-6-17(26)7-9-18/h3-13H,14H2,1-2H3,(H,27,28). The van der Waals surface area contributed by atoms with Gasteiger partial charge in [0.2, 0.25) is 11.2 Å². The molecule has 0 atom stereocenters. The van der Waals surface area contributed by atoms with E-state index >= 15 is 0 Å². The molecule has 4 rings (SSSR count). The Kier molecular flexibility index (Phi) is 5.89. The molecule has 0 aliphatic heterocycles. The lowest BCUT2D eigenvalue weighted by Crippen LogP contribution is -2.22. The van der Waals surface area contributed by atoms with Crippen LogP contribution >= 0.6 is 0 Å². The van der Waals surface area contributed by atoms with Crippen molar-refractivity contribution >= 4 is 22.6 Å². The Morgan fingerprint density at radius 2 is 1.75 bits per heavy atom. The van der Waals surface area contributed by atoms with E-state index < -0.39 is 18.3 Å². The predicted molar refractivity (Wildman–Crippen MR) is 120 cm³/mol. The van der Waals surface area contributed by atoms with Crippen molar-refractivity contribution in [2.45, 2.75) is 6.92 Å². The monoisotopic (exact) mass is 433 g/mol. The van der Waals surface area contributed by atoms with Crippen LogP contribution in [0.5, 0.6) is 11.5 Å². The molecule has 4 aromatic rings. The molecule has 7 heteroatoms. The molecule has 0 bridgehead atoms. The number of amides is 1. The van der Waals surface area contributed by atoms with Gasteiger partial charge in [0.05, 0.1) is 12.5 Å². The second-order valence-electron chi connectivity index (χ2n) is 7.16. The van der Waals surface area contributed by atoms with Gasteiger partial charge in [-0.3, -0.25) is 9.59 Å². The van der Waals surface area contributed by atoms with Gasteiger partial charge in [-0.1, -0.05) is 11.6 Å². The van der Waals surface area contributed by atoms with Gasteiger partial charge in [-0.15, -0.1) is 0 Å². The number of carbonyl (C=O) groups excluding carboxylic acids is 1. The molecule has 1 amide bonds. The molecule has 6 nitrogen and oxygen atoms in total. The molecule has 3 aromatic carbocycles. The molecule has 0 saturated heterocycles. The highest BCUT2D eigenvalue weighted by molar-refractivity contribution is 5.92. The van der Waals surface area contributed by atoms with Crippen LogP contribution in [0.25, 0.3) is 22.3 Å². The fourth-order valence-corrected chi connectivity index (χ4v) is 3.22. The molecule has 0 radical (unpaired) electrons. The first-order valence-electron chi connectivity index (χ1n) is 9.84. The fourth-order valence-electron chi connectivity index (χ4n) is 3.22. The van der Waals surface area contributed by atoms with Crippen LogP contribution in [0.2, 0.25) is 0 Å². The molecular weight excluding hydrogens is 413 g/mol. The minimum Gasteiger partial charge on any atom is -0.497 e. The largest absolute Gasteiger partial charge is 0.497 e. The maximum absolute atomic E-state index is 13.2. The average molecular weight is 433 g/mol. The number of hydrogen-bond acceptors (Lipinski definition) is 5. The number of ether oxygens (including phenoxy) is 2. The molecule has 1 heterocycles. The summed E-state index contributed by atoms with van der Waals surface area (Å²) < 4.78 is 29.9. The van der Waals surface area contributed by atoms with Gasteiger partial charge in [0.1, 0.15) is 17.1 Å². The van der Waals surface area contributed by atoms with Crippen molar-refractivity contribution in [3.8, 4) is 22.8 Å². The van der Waals surface area contributed by atoms with Gasteiger partial charge >= 0.3 is 0 Å². The Morgan fingerprint density at radius 3 is 2.44 bits per heavy atom. The van der Waals surface area contributed by atoms with Crippen molar-refractivity contribution in [3.05, 3.63) is 88.3 Å². The number of methoxy groups -OCH3 is 1. The maximum Gasteiger partial charge on any atom is 0.262 e. The first kappa shape index (κ1) is 21.1. The van der Waals surface area contributed by atoms with E-state index in [1.54, 1.807) is 43.5 Å². The first-order chi connectivity index (χ1) is 15.4. The van der Waals surface area contributed by atoms with Gasteiger partial charge in [-0.25, -0.2) is 4.39 Å². The van der Waals surface area contributed by atoms with Gasteiger partial charge < -0.3 is 19.2 Å². The number of anilines is 1. The second kappa shape index (κ2) is 8.93. The van der Waals surface area contributed by atoms with Crippen molar-refractivity contribution in [1.82, 2.24) is 0 Å². The smallest absolute Gasteiger partial charge is 0.262 e. The van der Waals surface area contributed by atoms with Gasteiger partial charge in [0, 0.05) is 11.3 Å². The zero-order chi connectivity index (χ0) is 22.7. The third kappa shape index (κ3) is 4.46. The number of benzene rings is 3.